The summed E-state index contributed by atoms with van der Waals surface area (Å²) in [5.74, 6) is -0.656. The molecule has 0 saturated heterocycles. The molecule has 0 bridgehead atoms. The molecule has 1 aromatic rings. The maximum Gasteiger partial charge on any atom is 0.325 e. The molecule has 6 heteroatoms. The van der Waals surface area contributed by atoms with E-state index in [1.165, 1.54) is 7.11 Å². The minimum absolute atomic E-state index is 0. The maximum atomic E-state index is 11.4. The third-order valence-corrected chi connectivity index (χ3v) is 2.33. The first kappa shape index (κ1) is 16.2. The fourth-order valence-corrected chi connectivity index (χ4v) is 1.34. The first-order valence-corrected chi connectivity index (χ1v) is 5.30. The Balaban J connectivity index is 0.00000289. The quantitative estimate of drug-likeness (QED) is 0.617. The number of rotatable bonds is 5. The Morgan fingerprint density at radius 3 is 2.61 bits per heavy atom. The van der Waals surface area contributed by atoms with Crippen LogP contribution >= 0.6 is 12.4 Å². The molecule has 0 heterocycles. The zero-order chi connectivity index (χ0) is 12.7. The molecule has 18 heavy (non-hydrogen) atoms. The van der Waals surface area contributed by atoms with E-state index >= 15 is 0 Å². The van der Waals surface area contributed by atoms with Gasteiger partial charge in [0.2, 0.25) is 5.91 Å². The molecule has 0 aliphatic rings. The molecule has 0 radical (unpaired) electrons. The number of para-hydroxylation sites is 1. The molecule has 0 spiro atoms. The van der Waals surface area contributed by atoms with Gasteiger partial charge in [0.15, 0.2) is 0 Å². The van der Waals surface area contributed by atoms with E-state index in [1.807, 2.05) is 18.2 Å². The highest BCUT2D eigenvalue weighted by atomic mass is 35.5. The smallest absolute Gasteiger partial charge is 0.325 e. The number of hydrogen-bond acceptors (Lipinski definition) is 4. The van der Waals surface area contributed by atoms with Crippen LogP contribution in [0, 0.1) is 0 Å². The lowest BCUT2D eigenvalue weighted by Gasteiger charge is -2.06. The van der Waals surface area contributed by atoms with Gasteiger partial charge in [-0.15, -0.1) is 12.4 Å². The lowest BCUT2D eigenvalue weighted by atomic mass is 10.1. The van der Waals surface area contributed by atoms with Crippen molar-refractivity contribution in [2.45, 2.75) is 12.8 Å². The number of benzene rings is 1. The van der Waals surface area contributed by atoms with E-state index in [0.29, 0.717) is 18.5 Å². The summed E-state index contributed by atoms with van der Waals surface area (Å²) < 4.78 is 4.41. The Morgan fingerprint density at radius 1 is 1.33 bits per heavy atom. The van der Waals surface area contributed by atoms with Crippen LogP contribution in [-0.4, -0.2) is 25.5 Å². The van der Waals surface area contributed by atoms with Crippen LogP contribution in [0.15, 0.2) is 24.3 Å². The van der Waals surface area contributed by atoms with Crippen molar-refractivity contribution in [1.29, 1.82) is 0 Å². The molecule has 0 aromatic heterocycles. The predicted octanol–water partition coefficient (Wildman–Crippen LogP) is 0.912. The van der Waals surface area contributed by atoms with Crippen LogP contribution in [0.2, 0.25) is 0 Å². The van der Waals surface area contributed by atoms with Gasteiger partial charge >= 0.3 is 5.97 Å². The van der Waals surface area contributed by atoms with Gasteiger partial charge in [-0.1, -0.05) is 18.2 Å². The van der Waals surface area contributed by atoms with Crippen LogP contribution in [0.3, 0.4) is 0 Å². The highest BCUT2D eigenvalue weighted by Gasteiger charge is 2.06. The van der Waals surface area contributed by atoms with Crippen molar-refractivity contribution in [3.63, 3.8) is 0 Å². The van der Waals surface area contributed by atoms with Crippen LogP contribution < -0.4 is 11.1 Å². The van der Waals surface area contributed by atoms with Crippen molar-refractivity contribution in [3.05, 3.63) is 29.8 Å². The van der Waals surface area contributed by atoms with Crippen molar-refractivity contribution in [2.75, 3.05) is 19.4 Å². The van der Waals surface area contributed by atoms with Crippen LogP contribution in [0.4, 0.5) is 5.69 Å². The topological polar surface area (TPSA) is 81.4 Å². The molecule has 1 aromatic carbocycles. The third-order valence-electron chi connectivity index (χ3n) is 2.33. The number of esters is 1. The van der Waals surface area contributed by atoms with Gasteiger partial charge in [-0.05, 0) is 18.1 Å². The van der Waals surface area contributed by atoms with E-state index < -0.39 is 5.97 Å². The van der Waals surface area contributed by atoms with Gasteiger partial charge in [0.1, 0.15) is 6.54 Å². The molecule has 0 aliphatic heterocycles. The number of anilines is 1. The number of aryl methyl sites for hydroxylation is 1. The molecule has 0 saturated carbocycles. The largest absolute Gasteiger partial charge is 0.468 e. The molecule has 0 atom stereocenters. The van der Waals surface area contributed by atoms with Gasteiger partial charge < -0.3 is 15.8 Å². The molecule has 5 nitrogen and oxygen atoms in total. The van der Waals surface area contributed by atoms with Crippen molar-refractivity contribution in [3.8, 4) is 0 Å². The second-order valence-electron chi connectivity index (χ2n) is 3.55. The standard InChI is InChI=1S/C12H16N2O3.ClH/c1-17-12(16)8-14-11(15)7-6-9-4-2-3-5-10(9)13;/h2-5H,6-8,13H2,1H3,(H,14,15);1H. The number of ether oxygens (including phenoxy) is 1. The van der Waals surface area contributed by atoms with Crippen molar-refractivity contribution in [2.24, 2.45) is 0 Å². The zero-order valence-electron chi connectivity index (χ0n) is 10.1. The van der Waals surface area contributed by atoms with E-state index in [1.54, 1.807) is 6.07 Å². The molecular formula is C12H17ClN2O3. The predicted molar refractivity (Wildman–Crippen MR) is 71.4 cm³/mol. The first-order chi connectivity index (χ1) is 8.13. The molecule has 100 valence electrons. The monoisotopic (exact) mass is 272 g/mol. The van der Waals surface area contributed by atoms with Gasteiger partial charge in [-0.25, -0.2) is 0 Å². The summed E-state index contributed by atoms with van der Waals surface area (Å²) in [6.45, 7) is -0.0976. The highest BCUT2D eigenvalue weighted by molar-refractivity contribution is 5.85. The Morgan fingerprint density at radius 2 is 2.00 bits per heavy atom. The summed E-state index contributed by atoms with van der Waals surface area (Å²) in [6, 6.07) is 7.39. The van der Waals surface area contributed by atoms with Crippen LogP contribution in [0.5, 0.6) is 0 Å². The molecular weight excluding hydrogens is 256 g/mol. The van der Waals surface area contributed by atoms with Crippen molar-refractivity contribution in [1.82, 2.24) is 5.32 Å². The summed E-state index contributed by atoms with van der Waals surface area (Å²) in [5, 5.41) is 2.47. The Labute approximate surface area is 112 Å². The Bertz CT molecular complexity index is 410. The second-order valence-corrected chi connectivity index (χ2v) is 3.55. The lowest BCUT2D eigenvalue weighted by Crippen LogP contribution is -2.30. The number of nitrogens with one attached hydrogen (secondary N) is 1. The lowest BCUT2D eigenvalue weighted by molar-refractivity contribution is -0.141. The SMILES string of the molecule is COC(=O)CNC(=O)CCc1ccccc1N.Cl. The van der Waals surface area contributed by atoms with Crippen LogP contribution in [0.25, 0.3) is 0 Å². The zero-order valence-corrected chi connectivity index (χ0v) is 11.0. The number of hydrogen-bond donors (Lipinski definition) is 2. The van der Waals surface area contributed by atoms with Gasteiger partial charge in [-0.3, -0.25) is 9.59 Å². The van der Waals surface area contributed by atoms with Crippen molar-refractivity contribution < 1.29 is 14.3 Å². The third kappa shape index (κ3) is 5.54. The van der Waals surface area contributed by atoms with Crippen LogP contribution in [0.1, 0.15) is 12.0 Å². The fraction of sp³-hybridized carbons (Fsp3) is 0.333. The molecule has 1 amide bonds. The molecule has 3 N–H and O–H groups in total. The second kappa shape index (κ2) is 8.36. The van der Waals surface area contributed by atoms with E-state index in [9.17, 15) is 9.59 Å². The summed E-state index contributed by atoms with van der Waals surface area (Å²) in [6.07, 6.45) is 0.852. The van der Waals surface area contributed by atoms with E-state index in [2.05, 4.69) is 10.1 Å². The number of nitrogens with two attached hydrogens (primary N) is 1. The average molecular weight is 273 g/mol. The fourth-order valence-electron chi connectivity index (χ4n) is 1.34. The molecule has 0 unspecified atom stereocenters. The number of carbonyl (C=O) groups is 2. The van der Waals surface area contributed by atoms with Gasteiger partial charge in [-0.2, -0.15) is 0 Å². The Kier molecular flexibility index (Phi) is 7.54. The molecule has 0 fully saturated rings. The number of halogens is 1. The van der Waals surface area contributed by atoms with Crippen LogP contribution in [-0.2, 0) is 20.7 Å². The normalized spacial score (nSPS) is 9.17. The minimum atomic E-state index is -0.461. The molecule has 0 aliphatic carbocycles. The number of amides is 1. The van der Waals surface area contributed by atoms with Crippen molar-refractivity contribution >= 4 is 30.0 Å². The first-order valence-electron chi connectivity index (χ1n) is 5.30. The maximum absolute atomic E-state index is 11.4. The highest BCUT2D eigenvalue weighted by Crippen LogP contribution is 2.12. The van der Waals surface area contributed by atoms with Gasteiger partial charge in [0.25, 0.3) is 0 Å². The van der Waals surface area contributed by atoms with Gasteiger partial charge in [0.05, 0.1) is 7.11 Å². The molecule has 1 rings (SSSR count). The van der Waals surface area contributed by atoms with E-state index in [0.717, 1.165) is 5.56 Å². The Hall–Kier alpha value is -1.75. The number of methoxy groups -OCH3 is 1. The summed E-state index contributed by atoms with van der Waals surface area (Å²) >= 11 is 0. The average Bonchev–Trinajstić information content (AvgIpc) is 2.35. The van der Waals surface area contributed by atoms with E-state index in [-0.39, 0.29) is 24.9 Å². The van der Waals surface area contributed by atoms with Gasteiger partial charge in [0, 0.05) is 12.1 Å². The number of nitrogen functional groups attached to an aromatic ring is 1. The summed E-state index contributed by atoms with van der Waals surface area (Å²) in [7, 11) is 1.28. The summed E-state index contributed by atoms with van der Waals surface area (Å²) in [5.41, 5.74) is 7.35. The van der Waals surface area contributed by atoms with E-state index in [4.69, 9.17) is 5.73 Å². The minimum Gasteiger partial charge on any atom is -0.468 e. The number of carbonyl (C=O) groups excluding carboxylic acids is 2. The summed E-state index contributed by atoms with van der Waals surface area (Å²) in [4.78, 5) is 22.2.